The van der Waals surface area contributed by atoms with Crippen molar-refractivity contribution >= 4 is 11.6 Å². The predicted octanol–water partition coefficient (Wildman–Crippen LogP) is 2.47. The van der Waals surface area contributed by atoms with Crippen LogP contribution in [0.15, 0.2) is 34.9 Å². The standard InChI is InChI=1S/C14H14N2O5/c1-9-10(6-7-21-9)8-15(2)14(18)11-4-3-5-12(13(11)17)16(19)20/h3-7,17H,8H2,1-2H3. The number of nitro groups is 1. The van der Waals surface area contributed by atoms with Gasteiger partial charge in [0.25, 0.3) is 5.91 Å². The topological polar surface area (TPSA) is 96.8 Å². The first-order chi connectivity index (χ1) is 9.91. The number of nitro benzene ring substituents is 1. The zero-order valence-electron chi connectivity index (χ0n) is 11.6. The summed E-state index contributed by atoms with van der Waals surface area (Å²) in [5.41, 5.74) is 0.234. The number of hydrogen-bond donors (Lipinski definition) is 1. The molecule has 7 heteroatoms. The summed E-state index contributed by atoms with van der Waals surface area (Å²) < 4.78 is 5.15. The van der Waals surface area contributed by atoms with Gasteiger partial charge in [-0.1, -0.05) is 6.07 Å². The summed E-state index contributed by atoms with van der Waals surface area (Å²) in [6.07, 6.45) is 1.52. The Morgan fingerprint density at radius 2 is 2.14 bits per heavy atom. The highest BCUT2D eigenvalue weighted by atomic mass is 16.6. The minimum absolute atomic E-state index is 0.104. The molecule has 0 aliphatic rings. The van der Waals surface area contributed by atoms with E-state index in [1.807, 2.05) is 0 Å². The van der Waals surface area contributed by atoms with Gasteiger partial charge in [0.05, 0.1) is 16.7 Å². The number of carbonyl (C=O) groups is 1. The van der Waals surface area contributed by atoms with E-state index in [4.69, 9.17) is 4.42 Å². The number of nitrogens with zero attached hydrogens (tertiary/aromatic N) is 2. The molecule has 0 unspecified atom stereocenters. The van der Waals surface area contributed by atoms with E-state index in [-0.39, 0.29) is 12.1 Å². The number of phenols is 1. The second-order valence-corrected chi connectivity index (χ2v) is 4.59. The summed E-state index contributed by atoms with van der Waals surface area (Å²) in [5, 5.41) is 20.6. The number of rotatable bonds is 4. The summed E-state index contributed by atoms with van der Waals surface area (Å²) in [5.74, 6) is -0.432. The van der Waals surface area contributed by atoms with Gasteiger partial charge < -0.3 is 14.4 Å². The van der Waals surface area contributed by atoms with Crippen LogP contribution in [0.1, 0.15) is 21.7 Å². The van der Waals surface area contributed by atoms with E-state index in [0.29, 0.717) is 5.76 Å². The van der Waals surface area contributed by atoms with Gasteiger partial charge in [-0.15, -0.1) is 0 Å². The molecule has 21 heavy (non-hydrogen) atoms. The van der Waals surface area contributed by atoms with Crippen molar-refractivity contribution in [3.8, 4) is 5.75 Å². The minimum atomic E-state index is -0.730. The van der Waals surface area contributed by atoms with Crippen molar-refractivity contribution in [2.75, 3.05) is 7.05 Å². The number of para-hydroxylation sites is 1. The maximum atomic E-state index is 12.3. The third-order valence-electron chi connectivity index (χ3n) is 3.16. The molecule has 0 aliphatic carbocycles. The second kappa shape index (κ2) is 5.66. The lowest BCUT2D eigenvalue weighted by molar-refractivity contribution is -0.385. The first-order valence-electron chi connectivity index (χ1n) is 6.16. The molecule has 1 aromatic carbocycles. The fourth-order valence-corrected chi connectivity index (χ4v) is 1.96. The third-order valence-corrected chi connectivity index (χ3v) is 3.16. The lowest BCUT2D eigenvalue weighted by Crippen LogP contribution is -2.26. The van der Waals surface area contributed by atoms with Gasteiger partial charge in [0, 0.05) is 25.2 Å². The van der Waals surface area contributed by atoms with E-state index in [2.05, 4.69) is 0 Å². The summed E-state index contributed by atoms with van der Waals surface area (Å²) >= 11 is 0. The van der Waals surface area contributed by atoms with Crippen LogP contribution in [0.5, 0.6) is 5.75 Å². The van der Waals surface area contributed by atoms with Gasteiger partial charge in [-0.2, -0.15) is 0 Å². The molecule has 2 aromatic rings. The maximum absolute atomic E-state index is 12.3. The van der Waals surface area contributed by atoms with E-state index in [9.17, 15) is 20.0 Å². The molecule has 1 amide bonds. The lowest BCUT2D eigenvalue weighted by atomic mass is 10.1. The van der Waals surface area contributed by atoms with Crippen molar-refractivity contribution in [2.45, 2.75) is 13.5 Å². The van der Waals surface area contributed by atoms with Crippen LogP contribution in [0.3, 0.4) is 0 Å². The van der Waals surface area contributed by atoms with Gasteiger partial charge in [-0.05, 0) is 19.1 Å². The van der Waals surface area contributed by atoms with Crippen LogP contribution in [0.4, 0.5) is 5.69 Å². The molecule has 0 fully saturated rings. The number of phenolic OH excluding ortho intramolecular Hbond substituents is 1. The summed E-state index contributed by atoms with van der Waals surface area (Å²) in [6.45, 7) is 2.06. The number of carbonyl (C=O) groups excluding carboxylic acids is 1. The molecule has 110 valence electrons. The van der Waals surface area contributed by atoms with Crippen molar-refractivity contribution in [3.05, 3.63) is 57.5 Å². The fraction of sp³-hybridized carbons (Fsp3) is 0.214. The van der Waals surface area contributed by atoms with Crippen molar-refractivity contribution in [3.63, 3.8) is 0 Å². The first-order valence-corrected chi connectivity index (χ1v) is 6.16. The molecule has 0 saturated carbocycles. The Kier molecular flexibility index (Phi) is 3.93. The van der Waals surface area contributed by atoms with E-state index >= 15 is 0 Å². The monoisotopic (exact) mass is 290 g/mol. The molecule has 0 radical (unpaired) electrons. The van der Waals surface area contributed by atoms with E-state index in [0.717, 1.165) is 11.6 Å². The van der Waals surface area contributed by atoms with Gasteiger partial charge >= 0.3 is 5.69 Å². The highest BCUT2D eigenvalue weighted by Gasteiger charge is 2.23. The highest BCUT2D eigenvalue weighted by Crippen LogP contribution is 2.30. The molecule has 0 atom stereocenters. The Bertz CT molecular complexity index is 692. The molecular weight excluding hydrogens is 276 g/mol. The van der Waals surface area contributed by atoms with Gasteiger partial charge in [0.2, 0.25) is 5.75 Å². The normalized spacial score (nSPS) is 10.4. The molecule has 1 N–H and O–H groups in total. The Balaban J connectivity index is 2.26. The number of benzene rings is 1. The van der Waals surface area contributed by atoms with Gasteiger partial charge in [0.1, 0.15) is 5.76 Å². The largest absolute Gasteiger partial charge is 0.502 e. The molecule has 0 aliphatic heterocycles. The van der Waals surface area contributed by atoms with Gasteiger partial charge in [-0.3, -0.25) is 14.9 Å². The van der Waals surface area contributed by atoms with Crippen molar-refractivity contribution in [2.24, 2.45) is 0 Å². The zero-order valence-corrected chi connectivity index (χ0v) is 11.6. The SMILES string of the molecule is Cc1occc1CN(C)C(=O)c1cccc([N+](=O)[O-])c1O. The molecule has 1 heterocycles. The van der Waals surface area contributed by atoms with Crippen LogP contribution in [0, 0.1) is 17.0 Å². The third kappa shape index (κ3) is 2.86. The Morgan fingerprint density at radius 1 is 1.43 bits per heavy atom. The molecule has 2 rings (SSSR count). The first kappa shape index (κ1) is 14.6. The van der Waals surface area contributed by atoms with Gasteiger partial charge in [0.15, 0.2) is 0 Å². The lowest BCUT2D eigenvalue weighted by Gasteiger charge is -2.17. The van der Waals surface area contributed by atoms with E-state index in [1.54, 1.807) is 20.0 Å². The Hall–Kier alpha value is -2.83. The average Bonchev–Trinajstić information content (AvgIpc) is 2.83. The Labute approximate surface area is 120 Å². The molecule has 0 bridgehead atoms. The number of furan rings is 1. The van der Waals surface area contributed by atoms with Crippen LogP contribution in [-0.2, 0) is 6.54 Å². The number of hydrogen-bond acceptors (Lipinski definition) is 5. The summed E-state index contributed by atoms with van der Waals surface area (Å²) in [6, 6.07) is 5.60. The van der Waals surface area contributed by atoms with Crippen LogP contribution in [-0.4, -0.2) is 27.9 Å². The number of aryl methyl sites for hydroxylation is 1. The average molecular weight is 290 g/mol. The van der Waals surface area contributed by atoms with Crippen LogP contribution in [0.2, 0.25) is 0 Å². The molecule has 7 nitrogen and oxygen atoms in total. The molecule has 0 saturated heterocycles. The van der Waals surface area contributed by atoms with E-state index < -0.39 is 22.3 Å². The molecule has 1 aromatic heterocycles. The second-order valence-electron chi connectivity index (χ2n) is 4.59. The minimum Gasteiger partial charge on any atom is -0.502 e. The van der Waals surface area contributed by atoms with Crippen molar-refractivity contribution in [1.82, 2.24) is 4.90 Å². The summed E-state index contributed by atoms with van der Waals surface area (Å²) in [7, 11) is 1.55. The molecular formula is C14H14N2O5. The zero-order chi connectivity index (χ0) is 15.6. The maximum Gasteiger partial charge on any atom is 0.311 e. The van der Waals surface area contributed by atoms with Crippen LogP contribution >= 0.6 is 0 Å². The number of amides is 1. The van der Waals surface area contributed by atoms with E-state index in [1.165, 1.54) is 23.3 Å². The predicted molar refractivity (Wildman–Crippen MR) is 74.0 cm³/mol. The van der Waals surface area contributed by atoms with Crippen LogP contribution in [0.25, 0.3) is 0 Å². The van der Waals surface area contributed by atoms with Gasteiger partial charge in [-0.25, -0.2) is 0 Å². The number of aromatic hydroxyl groups is 1. The van der Waals surface area contributed by atoms with Crippen LogP contribution < -0.4 is 0 Å². The smallest absolute Gasteiger partial charge is 0.311 e. The highest BCUT2D eigenvalue weighted by molar-refractivity contribution is 5.97. The fourth-order valence-electron chi connectivity index (χ4n) is 1.96. The Morgan fingerprint density at radius 3 is 2.71 bits per heavy atom. The quantitative estimate of drug-likeness (QED) is 0.689. The van der Waals surface area contributed by atoms with Crippen molar-refractivity contribution < 1.29 is 19.2 Å². The summed E-state index contributed by atoms with van der Waals surface area (Å²) in [4.78, 5) is 23.7. The molecule has 0 spiro atoms. The van der Waals surface area contributed by atoms with Crippen molar-refractivity contribution in [1.29, 1.82) is 0 Å².